The summed E-state index contributed by atoms with van der Waals surface area (Å²) in [5, 5.41) is 5.95. The Morgan fingerprint density at radius 3 is 2.29 bits per heavy atom. The van der Waals surface area contributed by atoms with Gasteiger partial charge in [-0.25, -0.2) is 0 Å². The van der Waals surface area contributed by atoms with Crippen LogP contribution in [0, 0.1) is 0 Å². The fourth-order valence-electron chi connectivity index (χ4n) is 1.04. The van der Waals surface area contributed by atoms with Crippen molar-refractivity contribution in [2.24, 2.45) is 0 Å². The normalized spacial score (nSPS) is 13.8. The van der Waals surface area contributed by atoms with Gasteiger partial charge in [-0.3, -0.25) is 4.79 Å². The van der Waals surface area contributed by atoms with E-state index in [1.54, 1.807) is 7.05 Å². The zero-order chi connectivity index (χ0) is 11.2. The van der Waals surface area contributed by atoms with Gasteiger partial charge in [0, 0.05) is 0 Å². The summed E-state index contributed by atoms with van der Waals surface area (Å²) >= 11 is 0. The number of carbonyl (C=O) groups is 1. The number of ether oxygens (including phenoxy) is 1. The minimum atomic E-state index is -0.411. The van der Waals surface area contributed by atoms with Crippen LogP contribution in [0.15, 0.2) is 0 Å². The molecule has 0 aliphatic rings. The van der Waals surface area contributed by atoms with Crippen LogP contribution in [-0.2, 0) is 9.53 Å². The van der Waals surface area contributed by atoms with Crippen molar-refractivity contribution in [3.8, 4) is 0 Å². The Balaban J connectivity index is 4.04. The lowest BCUT2D eigenvalue weighted by molar-refractivity contribution is -0.157. The zero-order valence-corrected chi connectivity index (χ0v) is 9.81. The van der Waals surface area contributed by atoms with Gasteiger partial charge in [-0.1, -0.05) is 0 Å². The van der Waals surface area contributed by atoms with Crippen LogP contribution in [0.5, 0.6) is 0 Å². The van der Waals surface area contributed by atoms with Crippen LogP contribution >= 0.6 is 0 Å². The van der Waals surface area contributed by atoms with Gasteiger partial charge in [0.25, 0.3) is 0 Å². The summed E-state index contributed by atoms with van der Waals surface area (Å²) in [4.78, 5) is 11.6. The van der Waals surface area contributed by atoms with Crippen molar-refractivity contribution in [1.29, 1.82) is 0 Å². The quantitative estimate of drug-likeness (QED) is 0.638. The molecule has 0 aliphatic carbocycles. The largest absolute Gasteiger partial charge is 0.459 e. The minimum absolute atomic E-state index is 0.185. The third-order valence-corrected chi connectivity index (χ3v) is 1.72. The molecule has 0 aromatic carbocycles. The van der Waals surface area contributed by atoms with Gasteiger partial charge in [-0.05, 0) is 47.8 Å². The molecule has 0 spiro atoms. The monoisotopic (exact) mass is 202 g/mol. The highest BCUT2D eigenvalue weighted by atomic mass is 16.6. The molecule has 0 aliphatic heterocycles. The number of hydrogen-bond acceptors (Lipinski definition) is 4. The average molecular weight is 202 g/mol. The summed E-state index contributed by atoms with van der Waals surface area (Å²) < 4.78 is 5.26. The van der Waals surface area contributed by atoms with E-state index >= 15 is 0 Å². The Hall–Kier alpha value is -0.610. The van der Waals surface area contributed by atoms with Crippen LogP contribution in [0.2, 0.25) is 0 Å². The molecular formula is C10H22N2O2. The number of likely N-dealkylation sites (N-methyl/N-ethyl adjacent to an activating group) is 1. The first-order valence-corrected chi connectivity index (χ1v) is 4.95. The van der Waals surface area contributed by atoms with Gasteiger partial charge in [0.15, 0.2) is 0 Å². The van der Waals surface area contributed by atoms with Crippen molar-refractivity contribution in [1.82, 2.24) is 10.6 Å². The molecule has 0 aromatic heterocycles. The summed E-state index contributed by atoms with van der Waals surface area (Å²) in [5.74, 6) is -0.185. The van der Waals surface area contributed by atoms with Gasteiger partial charge in [0.2, 0.25) is 0 Å². The Kier molecular flexibility index (Phi) is 5.72. The fraction of sp³-hybridized carbons (Fsp3) is 0.900. The molecule has 0 rings (SSSR count). The number of carbonyl (C=O) groups excluding carboxylic acids is 1. The van der Waals surface area contributed by atoms with Gasteiger partial charge < -0.3 is 15.4 Å². The predicted molar refractivity (Wildman–Crippen MR) is 57.2 cm³/mol. The molecule has 0 radical (unpaired) electrons. The predicted octanol–water partition coefficient (Wildman–Crippen LogP) is 0.526. The topological polar surface area (TPSA) is 50.4 Å². The molecule has 84 valence electrons. The summed E-state index contributed by atoms with van der Waals surface area (Å²) in [7, 11) is 3.63. The second-order valence-electron chi connectivity index (χ2n) is 4.27. The molecule has 1 atom stereocenters. The van der Waals surface area contributed by atoms with E-state index in [9.17, 15) is 4.79 Å². The molecule has 2 N–H and O–H groups in total. The smallest absolute Gasteiger partial charge is 0.323 e. The SMILES string of the molecule is CNCCC(NC)C(=O)OC(C)(C)C. The summed E-state index contributed by atoms with van der Waals surface area (Å²) in [6.45, 7) is 6.41. The maximum Gasteiger partial charge on any atom is 0.323 e. The number of rotatable bonds is 5. The average Bonchev–Trinajstić information content (AvgIpc) is 2.02. The molecule has 14 heavy (non-hydrogen) atoms. The Morgan fingerprint density at radius 2 is 1.93 bits per heavy atom. The lowest BCUT2D eigenvalue weighted by atomic mass is 10.1. The van der Waals surface area contributed by atoms with Crippen molar-refractivity contribution in [2.45, 2.75) is 38.8 Å². The Morgan fingerprint density at radius 1 is 1.36 bits per heavy atom. The van der Waals surface area contributed by atoms with E-state index in [2.05, 4.69) is 10.6 Å². The van der Waals surface area contributed by atoms with Crippen LogP contribution in [0.1, 0.15) is 27.2 Å². The summed E-state index contributed by atoms with van der Waals surface area (Å²) in [5.41, 5.74) is -0.411. The van der Waals surface area contributed by atoms with Crippen LogP contribution in [-0.4, -0.2) is 38.3 Å². The molecule has 4 nitrogen and oxygen atoms in total. The van der Waals surface area contributed by atoms with E-state index in [0.717, 1.165) is 13.0 Å². The van der Waals surface area contributed by atoms with Gasteiger partial charge in [-0.15, -0.1) is 0 Å². The second kappa shape index (κ2) is 5.98. The third-order valence-electron chi connectivity index (χ3n) is 1.72. The van der Waals surface area contributed by atoms with E-state index in [0.29, 0.717) is 0 Å². The minimum Gasteiger partial charge on any atom is -0.459 e. The van der Waals surface area contributed by atoms with Crippen LogP contribution in [0.25, 0.3) is 0 Å². The molecular weight excluding hydrogens is 180 g/mol. The Labute approximate surface area is 86.4 Å². The van der Waals surface area contributed by atoms with E-state index in [4.69, 9.17) is 4.74 Å². The second-order valence-corrected chi connectivity index (χ2v) is 4.27. The van der Waals surface area contributed by atoms with Gasteiger partial charge in [-0.2, -0.15) is 0 Å². The lowest BCUT2D eigenvalue weighted by Crippen LogP contribution is -2.41. The number of nitrogens with one attached hydrogen (secondary N) is 2. The van der Waals surface area contributed by atoms with E-state index in [-0.39, 0.29) is 12.0 Å². The molecule has 1 unspecified atom stereocenters. The van der Waals surface area contributed by atoms with Gasteiger partial charge >= 0.3 is 5.97 Å². The first kappa shape index (κ1) is 13.4. The third kappa shape index (κ3) is 5.94. The van der Waals surface area contributed by atoms with Gasteiger partial charge in [0.05, 0.1) is 0 Å². The van der Waals surface area contributed by atoms with Crippen molar-refractivity contribution in [3.63, 3.8) is 0 Å². The van der Waals surface area contributed by atoms with Crippen molar-refractivity contribution in [3.05, 3.63) is 0 Å². The summed E-state index contributed by atoms with van der Waals surface area (Å²) in [6.07, 6.45) is 0.738. The molecule has 0 bridgehead atoms. The maximum absolute atomic E-state index is 11.6. The molecule has 0 saturated heterocycles. The molecule has 0 saturated carbocycles. The van der Waals surface area contributed by atoms with Crippen LogP contribution < -0.4 is 10.6 Å². The van der Waals surface area contributed by atoms with E-state index in [1.165, 1.54) is 0 Å². The van der Waals surface area contributed by atoms with E-state index < -0.39 is 5.60 Å². The summed E-state index contributed by atoms with van der Waals surface area (Å²) in [6, 6.07) is -0.221. The first-order chi connectivity index (χ1) is 6.40. The Bertz CT molecular complexity index is 175. The standard InChI is InChI=1S/C10H22N2O2/c1-10(2,3)14-9(13)8(12-5)6-7-11-4/h8,11-12H,6-7H2,1-5H3. The lowest BCUT2D eigenvalue weighted by Gasteiger charge is -2.23. The molecule has 4 heteroatoms. The van der Waals surface area contributed by atoms with Crippen molar-refractivity contribution in [2.75, 3.05) is 20.6 Å². The van der Waals surface area contributed by atoms with Crippen molar-refractivity contribution < 1.29 is 9.53 Å². The molecule has 0 aromatic rings. The van der Waals surface area contributed by atoms with Crippen LogP contribution in [0.4, 0.5) is 0 Å². The van der Waals surface area contributed by atoms with E-state index in [1.807, 2.05) is 27.8 Å². The maximum atomic E-state index is 11.6. The van der Waals surface area contributed by atoms with Crippen molar-refractivity contribution >= 4 is 5.97 Å². The van der Waals surface area contributed by atoms with Crippen LogP contribution in [0.3, 0.4) is 0 Å². The first-order valence-electron chi connectivity index (χ1n) is 4.95. The highest BCUT2D eigenvalue weighted by Crippen LogP contribution is 2.09. The molecule has 0 fully saturated rings. The molecule has 0 heterocycles. The highest BCUT2D eigenvalue weighted by molar-refractivity contribution is 5.76. The highest BCUT2D eigenvalue weighted by Gasteiger charge is 2.23. The zero-order valence-electron chi connectivity index (χ0n) is 9.81. The molecule has 0 amide bonds. The number of esters is 1. The fourth-order valence-corrected chi connectivity index (χ4v) is 1.04. The van der Waals surface area contributed by atoms with Gasteiger partial charge in [0.1, 0.15) is 11.6 Å². The number of hydrogen-bond donors (Lipinski definition) is 2.